The summed E-state index contributed by atoms with van der Waals surface area (Å²) in [6.07, 6.45) is 3.57. The molecule has 1 aromatic heterocycles. The molecule has 31 heavy (non-hydrogen) atoms. The highest BCUT2D eigenvalue weighted by atomic mass is 19.1. The number of H-pyrrole nitrogens is 1. The summed E-state index contributed by atoms with van der Waals surface area (Å²) in [5.41, 5.74) is 7.53. The fourth-order valence-electron chi connectivity index (χ4n) is 3.07. The van der Waals surface area contributed by atoms with Crippen molar-refractivity contribution in [3.63, 3.8) is 0 Å². The van der Waals surface area contributed by atoms with Crippen LogP contribution < -0.4 is 25.3 Å². The Hall–Kier alpha value is -3.59. The summed E-state index contributed by atoms with van der Waals surface area (Å²) in [5, 5.41) is 3.14. The van der Waals surface area contributed by atoms with Crippen LogP contribution in [0.2, 0.25) is 0 Å². The number of halogens is 1. The molecule has 1 unspecified atom stereocenters. The molecule has 0 aliphatic rings. The van der Waals surface area contributed by atoms with Crippen LogP contribution in [0.1, 0.15) is 16.8 Å². The number of primary amides is 1. The predicted octanol–water partition coefficient (Wildman–Crippen LogP) is 2.33. The number of aromatic amines is 1. The zero-order valence-corrected chi connectivity index (χ0v) is 17.4. The Morgan fingerprint density at radius 3 is 2.52 bits per heavy atom. The summed E-state index contributed by atoms with van der Waals surface area (Å²) in [4.78, 5) is 18.7. The topological polar surface area (TPSA) is 111 Å². The third-order valence-electron chi connectivity index (χ3n) is 4.73. The predicted molar refractivity (Wildman–Crippen MR) is 112 cm³/mol. The summed E-state index contributed by atoms with van der Waals surface area (Å²) in [7, 11) is 3.01. The number of hydrogen-bond donors (Lipinski definition) is 3. The third kappa shape index (κ3) is 5.73. The second-order valence-corrected chi connectivity index (χ2v) is 6.83. The van der Waals surface area contributed by atoms with Gasteiger partial charge in [-0.15, -0.1) is 0 Å². The van der Waals surface area contributed by atoms with Crippen molar-refractivity contribution in [2.75, 3.05) is 14.2 Å². The number of amides is 1. The van der Waals surface area contributed by atoms with Gasteiger partial charge in [-0.3, -0.25) is 4.79 Å². The number of imidazole rings is 1. The summed E-state index contributed by atoms with van der Waals surface area (Å²) >= 11 is 0. The van der Waals surface area contributed by atoms with Crippen molar-refractivity contribution < 1.29 is 23.4 Å². The fourth-order valence-corrected chi connectivity index (χ4v) is 3.07. The molecule has 0 bridgehead atoms. The van der Waals surface area contributed by atoms with Gasteiger partial charge in [0, 0.05) is 30.4 Å². The van der Waals surface area contributed by atoms with Crippen LogP contribution in [0.5, 0.6) is 17.2 Å². The van der Waals surface area contributed by atoms with E-state index in [4.69, 9.17) is 19.9 Å². The number of nitrogens with two attached hydrogens (primary N) is 1. The monoisotopic (exact) mass is 428 g/mol. The molecule has 8 nitrogen and oxygen atoms in total. The van der Waals surface area contributed by atoms with E-state index < -0.39 is 11.9 Å². The third-order valence-corrected chi connectivity index (χ3v) is 4.73. The molecule has 0 radical (unpaired) electrons. The number of nitrogens with zero attached hydrogens (tertiary/aromatic N) is 1. The average molecular weight is 428 g/mol. The number of ether oxygens (including phenoxy) is 3. The lowest BCUT2D eigenvalue weighted by Gasteiger charge is -2.18. The van der Waals surface area contributed by atoms with E-state index in [2.05, 4.69) is 15.3 Å². The maximum Gasteiger partial charge on any atom is 0.234 e. The minimum atomic E-state index is -0.588. The summed E-state index contributed by atoms with van der Waals surface area (Å²) < 4.78 is 30.6. The van der Waals surface area contributed by atoms with Crippen molar-refractivity contribution in [3.05, 3.63) is 71.6 Å². The van der Waals surface area contributed by atoms with Gasteiger partial charge < -0.3 is 30.2 Å². The van der Waals surface area contributed by atoms with Gasteiger partial charge in [0.2, 0.25) is 11.7 Å². The largest absolute Gasteiger partial charge is 0.493 e. The maximum atomic E-state index is 13.9. The number of nitrogens with one attached hydrogen (secondary N) is 2. The minimum absolute atomic E-state index is 0.0188. The molecule has 0 aliphatic heterocycles. The van der Waals surface area contributed by atoms with Gasteiger partial charge in [-0.25, -0.2) is 9.37 Å². The highest BCUT2D eigenvalue weighted by Crippen LogP contribution is 2.39. The smallest absolute Gasteiger partial charge is 0.234 e. The van der Waals surface area contributed by atoms with Crippen molar-refractivity contribution in [3.8, 4) is 17.2 Å². The van der Waals surface area contributed by atoms with Crippen LogP contribution in [0.15, 0.2) is 48.9 Å². The zero-order valence-electron chi connectivity index (χ0n) is 17.4. The molecule has 1 heterocycles. The molecule has 164 valence electrons. The van der Waals surface area contributed by atoms with Crippen LogP contribution in [0.25, 0.3) is 0 Å². The first kappa shape index (κ1) is 22.1. The molecule has 3 aromatic rings. The lowest BCUT2D eigenvalue weighted by Crippen LogP contribution is -2.42. The van der Waals surface area contributed by atoms with Gasteiger partial charge in [-0.05, 0) is 23.8 Å². The summed E-state index contributed by atoms with van der Waals surface area (Å²) in [6, 6.07) is 9.32. The van der Waals surface area contributed by atoms with Crippen LogP contribution in [0.4, 0.5) is 4.39 Å². The molecule has 3 rings (SSSR count). The van der Waals surface area contributed by atoms with Gasteiger partial charge in [0.15, 0.2) is 11.5 Å². The van der Waals surface area contributed by atoms with E-state index in [-0.39, 0.29) is 12.4 Å². The number of benzene rings is 2. The van der Waals surface area contributed by atoms with Crippen LogP contribution in [0, 0.1) is 5.82 Å². The summed E-state index contributed by atoms with van der Waals surface area (Å²) in [6.45, 7) is 0.354. The van der Waals surface area contributed by atoms with Gasteiger partial charge >= 0.3 is 0 Å². The first-order valence-corrected chi connectivity index (χ1v) is 9.62. The molecule has 1 amide bonds. The number of methoxy groups -OCH3 is 2. The Kier molecular flexibility index (Phi) is 7.45. The van der Waals surface area contributed by atoms with Crippen LogP contribution in [0.3, 0.4) is 0 Å². The SMILES string of the molecule is COc1cc(CNC(Cc2cnc[nH]2)C(N)=O)cc(OC)c1OCc1ccccc1F. The Balaban J connectivity index is 1.74. The van der Waals surface area contributed by atoms with E-state index in [0.29, 0.717) is 35.8 Å². The highest BCUT2D eigenvalue weighted by Gasteiger charge is 2.19. The second-order valence-electron chi connectivity index (χ2n) is 6.83. The van der Waals surface area contributed by atoms with E-state index in [1.807, 2.05) is 0 Å². The van der Waals surface area contributed by atoms with E-state index in [1.165, 1.54) is 20.3 Å². The number of aromatic nitrogens is 2. The average Bonchev–Trinajstić information content (AvgIpc) is 3.29. The molecule has 0 spiro atoms. The standard InChI is InChI=1S/C22H25FN4O4/c1-29-19-7-14(10-26-18(22(24)28)9-16-11-25-13-27-16)8-20(30-2)21(19)31-12-15-5-3-4-6-17(15)23/h3-8,11,13,18,26H,9-10,12H2,1-2H3,(H2,24,28)(H,25,27). The Bertz CT molecular complexity index is 986. The second kappa shape index (κ2) is 10.4. The number of carbonyl (C=O) groups is 1. The van der Waals surface area contributed by atoms with Crippen molar-refractivity contribution >= 4 is 5.91 Å². The molecule has 1 atom stereocenters. The molecule has 0 aliphatic carbocycles. The van der Waals surface area contributed by atoms with Gasteiger partial charge in [0.05, 0.1) is 26.6 Å². The molecular weight excluding hydrogens is 403 g/mol. The van der Waals surface area contributed by atoms with Crippen LogP contribution in [-0.2, 0) is 24.4 Å². The molecule has 0 saturated heterocycles. The lowest BCUT2D eigenvalue weighted by molar-refractivity contribution is -0.120. The first-order valence-electron chi connectivity index (χ1n) is 9.62. The van der Waals surface area contributed by atoms with Gasteiger partial charge in [-0.1, -0.05) is 18.2 Å². The summed E-state index contributed by atoms with van der Waals surface area (Å²) in [5.74, 6) is 0.392. The van der Waals surface area contributed by atoms with Crippen LogP contribution in [-0.4, -0.2) is 36.1 Å². The van der Waals surface area contributed by atoms with E-state index in [0.717, 1.165) is 11.3 Å². The number of hydrogen-bond acceptors (Lipinski definition) is 6. The zero-order chi connectivity index (χ0) is 22.2. The minimum Gasteiger partial charge on any atom is -0.493 e. The van der Waals surface area contributed by atoms with Gasteiger partial charge in [0.1, 0.15) is 12.4 Å². The maximum absolute atomic E-state index is 13.9. The van der Waals surface area contributed by atoms with Gasteiger partial charge in [0.25, 0.3) is 0 Å². The van der Waals surface area contributed by atoms with Crippen LogP contribution >= 0.6 is 0 Å². The molecule has 0 fully saturated rings. The fraction of sp³-hybridized carbons (Fsp3) is 0.273. The molecule has 2 aromatic carbocycles. The number of carbonyl (C=O) groups excluding carboxylic acids is 1. The van der Waals surface area contributed by atoms with E-state index in [1.54, 1.807) is 42.9 Å². The molecule has 4 N–H and O–H groups in total. The van der Waals surface area contributed by atoms with Crippen molar-refractivity contribution in [1.29, 1.82) is 0 Å². The highest BCUT2D eigenvalue weighted by molar-refractivity contribution is 5.80. The normalized spacial score (nSPS) is 11.7. The van der Waals surface area contributed by atoms with Crippen molar-refractivity contribution in [2.24, 2.45) is 5.73 Å². The van der Waals surface area contributed by atoms with Crippen molar-refractivity contribution in [2.45, 2.75) is 25.6 Å². The Morgan fingerprint density at radius 2 is 1.94 bits per heavy atom. The quantitative estimate of drug-likeness (QED) is 0.432. The van der Waals surface area contributed by atoms with Gasteiger partial charge in [-0.2, -0.15) is 0 Å². The number of rotatable bonds is 11. The first-order chi connectivity index (χ1) is 15.0. The lowest BCUT2D eigenvalue weighted by atomic mass is 10.1. The Morgan fingerprint density at radius 1 is 1.23 bits per heavy atom. The van der Waals surface area contributed by atoms with Crippen molar-refractivity contribution in [1.82, 2.24) is 15.3 Å². The molecule has 0 saturated carbocycles. The van der Waals surface area contributed by atoms with E-state index >= 15 is 0 Å². The van der Waals surface area contributed by atoms with E-state index in [9.17, 15) is 9.18 Å². The molecule has 9 heteroatoms. The Labute approximate surface area is 179 Å². The molecular formula is C22H25FN4O4.